The van der Waals surface area contributed by atoms with Crippen molar-refractivity contribution in [3.63, 3.8) is 0 Å². The number of halogens is 2. The van der Waals surface area contributed by atoms with Gasteiger partial charge in [-0.05, 0) is 56.3 Å². The quantitative estimate of drug-likeness (QED) is 0.737. The largest absolute Gasteiger partial charge is 0.325 e. The Morgan fingerprint density at radius 2 is 1.52 bits per heavy atom. The molecule has 0 saturated carbocycles. The number of nitrogens with one attached hydrogen (secondary N) is 2. The molecule has 0 heterocycles. The number of anilines is 2. The molecule has 2 amide bonds. The van der Waals surface area contributed by atoms with E-state index in [4.69, 9.17) is 11.6 Å². The van der Waals surface area contributed by atoms with Gasteiger partial charge in [0.05, 0.1) is 0 Å². The Hall–Kier alpha value is -1.85. The van der Waals surface area contributed by atoms with Crippen LogP contribution < -0.4 is 10.6 Å². The van der Waals surface area contributed by atoms with Crippen LogP contribution in [0.4, 0.5) is 11.4 Å². The fourth-order valence-corrected chi connectivity index (χ4v) is 2.23. The maximum Gasteiger partial charge on any atom is 0.239 e. The first-order chi connectivity index (χ1) is 10.8. The van der Waals surface area contributed by atoms with E-state index in [-0.39, 0.29) is 5.91 Å². The molecule has 0 aliphatic rings. The van der Waals surface area contributed by atoms with E-state index in [2.05, 4.69) is 26.6 Å². The van der Waals surface area contributed by atoms with Gasteiger partial charge in [0.15, 0.2) is 0 Å². The Labute approximate surface area is 148 Å². The van der Waals surface area contributed by atoms with Gasteiger partial charge < -0.3 is 10.6 Å². The van der Waals surface area contributed by atoms with E-state index in [1.54, 1.807) is 50.2 Å². The summed E-state index contributed by atoms with van der Waals surface area (Å²) in [5, 5.41) is 5.96. The summed E-state index contributed by atoms with van der Waals surface area (Å²) in [5.74, 6) is -0.797. The molecule has 2 aromatic rings. The van der Waals surface area contributed by atoms with Gasteiger partial charge in [0, 0.05) is 20.9 Å². The van der Waals surface area contributed by atoms with Gasteiger partial charge in [-0.3, -0.25) is 9.59 Å². The van der Waals surface area contributed by atoms with Gasteiger partial charge in [-0.2, -0.15) is 0 Å². The van der Waals surface area contributed by atoms with E-state index in [0.717, 1.165) is 4.47 Å². The molecular weight excluding hydrogens is 380 g/mol. The standard InChI is InChI=1S/C17H16BrClN2O2/c1-17(2,15(22)20-13-8-6-11(18)7-9-13)16(23)21-14-5-3-4-12(19)10-14/h3-10H,1-2H3,(H,20,22)(H,21,23). The van der Waals surface area contributed by atoms with Crippen molar-refractivity contribution in [3.8, 4) is 0 Å². The van der Waals surface area contributed by atoms with Crippen molar-refractivity contribution in [1.29, 1.82) is 0 Å². The van der Waals surface area contributed by atoms with Crippen molar-refractivity contribution in [1.82, 2.24) is 0 Å². The summed E-state index contributed by atoms with van der Waals surface area (Å²) in [6.45, 7) is 3.14. The highest BCUT2D eigenvalue weighted by Crippen LogP contribution is 2.23. The van der Waals surface area contributed by atoms with Crippen LogP contribution in [-0.4, -0.2) is 11.8 Å². The van der Waals surface area contributed by atoms with Crippen LogP contribution in [0.5, 0.6) is 0 Å². The molecule has 0 aromatic heterocycles. The van der Waals surface area contributed by atoms with E-state index in [9.17, 15) is 9.59 Å². The first kappa shape index (κ1) is 17.5. The molecule has 0 bridgehead atoms. The second kappa shape index (κ2) is 7.15. The third-order valence-electron chi connectivity index (χ3n) is 3.32. The molecule has 0 atom stereocenters. The summed E-state index contributed by atoms with van der Waals surface area (Å²) in [6, 6.07) is 13.9. The van der Waals surface area contributed by atoms with Crippen LogP contribution in [0, 0.1) is 5.41 Å². The molecule has 2 aromatic carbocycles. The van der Waals surface area contributed by atoms with Crippen molar-refractivity contribution in [2.24, 2.45) is 5.41 Å². The lowest BCUT2D eigenvalue weighted by Crippen LogP contribution is -2.41. The summed E-state index contributed by atoms with van der Waals surface area (Å²) in [5.41, 5.74) is -0.0658. The maximum absolute atomic E-state index is 12.4. The van der Waals surface area contributed by atoms with Crippen LogP contribution in [0.3, 0.4) is 0 Å². The molecule has 0 fully saturated rings. The Kier molecular flexibility index (Phi) is 5.44. The minimum Gasteiger partial charge on any atom is -0.325 e. The molecule has 4 nitrogen and oxygen atoms in total. The van der Waals surface area contributed by atoms with Gasteiger partial charge in [0.25, 0.3) is 0 Å². The van der Waals surface area contributed by atoms with E-state index < -0.39 is 11.3 Å². The number of carbonyl (C=O) groups is 2. The van der Waals surface area contributed by atoms with E-state index in [1.807, 2.05) is 12.1 Å². The second-order valence-electron chi connectivity index (χ2n) is 5.55. The van der Waals surface area contributed by atoms with Gasteiger partial charge in [-0.1, -0.05) is 33.6 Å². The first-order valence-electron chi connectivity index (χ1n) is 6.93. The zero-order valence-electron chi connectivity index (χ0n) is 12.7. The number of rotatable bonds is 4. The lowest BCUT2D eigenvalue weighted by atomic mass is 9.90. The van der Waals surface area contributed by atoms with Crippen LogP contribution in [0.2, 0.25) is 5.02 Å². The van der Waals surface area contributed by atoms with Crippen LogP contribution >= 0.6 is 27.5 Å². The SMILES string of the molecule is CC(C)(C(=O)Nc1ccc(Br)cc1)C(=O)Nc1cccc(Cl)c1. The number of hydrogen-bond acceptors (Lipinski definition) is 2. The minimum absolute atomic E-state index is 0.389. The third kappa shape index (κ3) is 4.56. The van der Waals surface area contributed by atoms with Gasteiger partial charge >= 0.3 is 0 Å². The Morgan fingerprint density at radius 1 is 0.957 bits per heavy atom. The molecule has 0 saturated heterocycles. The molecule has 0 aliphatic heterocycles. The zero-order valence-corrected chi connectivity index (χ0v) is 15.0. The molecule has 23 heavy (non-hydrogen) atoms. The number of amides is 2. The molecule has 6 heteroatoms. The fourth-order valence-electron chi connectivity index (χ4n) is 1.78. The molecule has 2 rings (SSSR count). The predicted octanol–water partition coefficient (Wildman–Crippen LogP) is 4.71. The summed E-state index contributed by atoms with van der Waals surface area (Å²) in [4.78, 5) is 24.8. The molecular formula is C17H16BrClN2O2. The summed E-state index contributed by atoms with van der Waals surface area (Å²) < 4.78 is 0.911. The van der Waals surface area contributed by atoms with E-state index in [1.165, 1.54) is 0 Å². The smallest absolute Gasteiger partial charge is 0.239 e. The minimum atomic E-state index is -1.24. The van der Waals surface area contributed by atoms with E-state index in [0.29, 0.717) is 16.4 Å². The zero-order chi connectivity index (χ0) is 17.0. The number of benzene rings is 2. The molecule has 0 spiro atoms. The van der Waals surface area contributed by atoms with Gasteiger partial charge in [0.2, 0.25) is 11.8 Å². The molecule has 0 unspecified atom stereocenters. The molecule has 0 radical (unpaired) electrons. The highest BCUT2D eigenvalue weighted by atomic mass is 79.9. The third-order valence-corrected chi connectivity index (χ3v) is 4.08. The molecule has 2 N–H and O–H groups in total. The topological polar surface area (TPSA) is 58.2 Å². The van der Waals surface area contributed by atoms with Gasteiger partial charge in [-0.15, -0.1) is 0 Å². The highest BCUT2D eigenvalue weighted by molar-refractivity contribution is 9.10. The number of carbonyl (C=O) groups excluding carboxylic acids is 2. The van der Waals surface area contributed by atoms with Crippen LogP contribution in [0.1, 0.15) is 13.8 Å². The summed E-state index contributed by atoms with van der Waals surface area (Å²) in [6.07, 6.45) is 0. The lowest BCUT2D eigenvalue weighted by Gasteiger charge is -2.22. The van der Waals surface area contributed by atoms with Gasteiger partial charge in [-0.25, -0.2) is 0 Å². The monoisotopic (exact) mass is 394 g/mol. The van der Waals surface area contributed by atoms with Crippen molar-refractivity contribution < 1.29 is 9.59 Å². The fraction of sp³-hybridized carbons (Fsp3) is 0.176. The lowest BCUT2D eigenvalue weighted by molar-refractivity contribution is -0.135. The van der Waals surface area contributed by atoms with Crippen molar-refractivity contribution >= 4 is 50.7 Å². The van der Waals surface area contributed by atoms with Crippen molar-refractivity contribution in [2.75, 3.05) is 10.6 Å². The normalized spacial score (nSPS) is 11.0. The predicted molar refractivity (Wildman–Crippen MR) is 96.6 cm³/mol. The van der Waals surface area contributed by atoms with E-state index >= 15 is 0 Å². The summed E-state index contributed by atoms with van der Waals surface area (Å²) in [7, 11) is 0. The second-order valence-corrected chi connectivity index (χ2v) is 6.90. The average Bonchev–Trinajstić information content (AvgIpc) is 2.49. The maximum atomic E-state index is 12.4. The van der Waals surface area contributed by atoms with Crippen LogP contribution in [-0.2, 0) is 9.59 Å². The van der Waals surface area contributed by atoms with Crippen molar-refractivity contribution in [2.45, 2.75) is 13.8 Å². The van der Waals surface area contributed by atoms with Crippen LogP contribution in [0.15, 0.2) is 53.0 Å². The summed E-state index contributed by atoms with van der Waals surface area (Å²) >= 11 is 9.22. The molecule has 120 valence electrons. The average molecular weight is 396 g/mol. The highest BCUT2D eigenvalue weighted by Gasteiger charge is 2.36. The Morgan fingerprint density at radius 3 is 2.09 bits per heavy atom. The first-order valence-corrected chi connectivity index (χ1v) is 8.10. The number of hydrogen-bond donors (Lipinski definition) is 2. The molecule has 0 aliphatic carbocycles. The Balaban J connectivity index is 2.08. The van der Waals surface area contributed by atoms with Gasteiger partial charge in [0.1, 0.15) is 5.41 Å². The van der Waals surface area contributed by atoms with Crippen LogP contribution in [0.25, 0.3) is 0 Å². The Bertz CT molecular complexity index is 730. The van der Waals surface area contributed by atoms with Crippen molar-refractivity contribution in [3.05, 3.63) is 58.0 Å².